The molecule has 0 saturated carbocycles. The molecule has 0 aliphatic carbocycles. The fourth-order valence-electron chi connectivity index (χ4n) is 1.66. The monoisotopic (exact) mass is 272 g/mol. The molecular formula is C11H16N2O4S. The number of rotatable bonds is 4. The topological polar surface area (TPSA) is 68.7 Å². The third-order valence-corrected chi connectivity index (χ3v) is 4.49. The quantitative estimate of drug-likeness (QED) is 0.786. The molecule has 0 radical (unpaired) electrons. The van der Waals surface area contributed by atoms with Crippen molar-refractivity contribution in [3.63, 3.8) is 0 Å². The Morgan fingerprint density at radius 3 is 2.89 bits per heavy atom. The van der Waals surface area contributed by atoms with Crippen molar-refractivity contribution in [1.82, 2.24) is 4.98 Å². The van der Waals surface area contributed by atoms with Crippen LogP contribution in [-0.2, 0) is 19.5 Å². The summed E-state index contributed by atoms with van der Waals surface area (Å²) < 4.78 is 36.0. The van der Waals surface area contributed by atoms with E-state index in [9.17, 15) is 8.42 Å². The number of hydrogen-bond donors (Lipinski definition) is 0. The summed E-state index contributed by atoms with van der Waals surface area (Å²) >= 11 is 0. The van der Waals surface area contributed by atoms with Crippen LogP contribution in [0.3, 0.4) is 0 Å². The summed E-state index contributed by atoms with van der Waals surface area (Å²) in [5.74, 6) is 0.300. The Balaban J connectivity index is 2.06. The summed E-state index contributed by atoms with van der Waals surface area (Å²) in [6, 6.07) is 5.13. The van der Waals surface area contributed by atoms with Gasteiger partial charge in [0.1, 0.15) is 5.82 Å². The number of aromatic nitrogens is 1. The van der Waals surface area contributed by atoms with Crippen molar-refractivity contribution in [3.8, 4) is 0 Å². The maximum atomic E-state index is 12.1. The highest BCUT2D eigenvalue weighted by Gasteiger charge is 2.26. The average molecular weight is 272 g/mol. The number of anilines is 1. The van der Waals surface area contributed by atoms with Crippen molar-refractivity contribution in [2.75, 3.05) is 36.9 Å². The zero-order valence-electron chi connectivity index (χ0n) is 10.2. The lowest BCUT2D eigenvalue weighted by Gasteiger charge is -2.25. The van der Waals surface area contributed by atoms with Crippen LogP contribution in [-0.4, -0.2) is 52.1 Å². The van der Waals surface area contributed by atoms with Gasteiger partial charge in [0.25, 0.3) is 0 Å². The van der Waals surface area contributed by atoms with Crippen LogP contribution in [0.4, 0.5) is 5.82 Å². The van der Waals surface area contributed by atoms with E-state index >= 15 is 0 Å². The first-order chi connectivity index (χ1) is 8.59. The van der Waals surface area contributed by atoms with Crippen LogP contribution >= 0.6 is 0 Å². The predicted octanol–water partition coefficient (Wildman–Crippen LogP) is 0.263. The summed E-state index contributed by atoms with van der Waals surface area (Å²) in [7, 11) is -1.96. The van der Waals surface area contributed by atoms with Crippen LogP contribution in [0.5, 0.6) is 0 Å². The van der Waals surface area contributed by atoms with Gasteiger partial charge in [0, 0.05) is 13.2 Å². The van der Waals surface area contributed by atoms with Gasteiger partial charge < -0.3 is 9.47 Å². The summed E-state index contributed by atoms with van der Waals surface area (Å²) in [6.07, 6.45) is 1.15. The molecule has 1 aliphatic heterocycles. The fraction of sp³-hybridized carbons (Fsp3) is 0.545. The van der Waals surface area contributed by atoms with Crippen molar-refractivity contribution in [2.45, 2.75) is 6.10 Å². The van der Waals surface area contributed by atoms with E-state index in [2.05, 4.69) is 4.98 Å². The maximum absolute atomic E-state index is 12.1. The van der Waals surface area contributed by atoms with Gasteiger partial charge in [-0.3, -0.25) is 4.31 Å². The first kappa shape index (κ1) is 13.3. The van der Waals surface area contributed by atoms with E-state index < -0.39 is 16.1 Å². The van der Waals surface area contributed by atoms with Crippen molar-refractivity contribution < 1.29 is 17.9 Å². The average Bonchev–Trinajstić information content (AvgIpc) is 2.39. The molecule has 1 saturated heterocycles. The number of hydrogen-bond acceptors (Lipinski definition) is 5. The molecule has 100 valence electrons. The Morgan fingerprint density at radius 2 is 2.28 bits per heavy atom. The van der Waals surface area contributed by atoms with E-state index in [4.69, 9.17) is 9.47 Å². The number of sulfonamides is 1. The lowest BCUT2D eigenvalue weighted by atomic mass is 10.4. The van der Waals surface area contributed by atoms with Crippen LogP contribution in [0, 0.1) is 0 Å². The van der Waals surface area contributed by atoms with Gasteiger partial charge in [-0.25, -0.2) is 13.4 Å². The van der Waals surface area contributed by atoms with Crippen LogP contribution in [0.1, 0.15) is 0 Å². The molecule has 1 aromatic heterocycles. The third-order valence-electron chi connectivity index (χ3n) is 2.67. The van der Waals surface area contributed by atoms with Crippen molar-refractivity contribution in [1.29, 1.82) is 0 Å². The predicted molar refractivity (Wildman–Crippen MR) is 67.0 cm³/mol. The molecule has 6 nitrogen and oxygen atoms in total. The van der Waals surface area contributed by atoms with Gasteiger partial charge in [0.2, 0.25) is 10.0 Å². The molecule has 0 spiro atoms. The maximum Gasteiger partial charge on any atom is 0.238 e. The molecule has 0 N–H and O–H groups in total. The number of pyridine rings is 1. The van der Waals surface area contributed by atoms with Gasteiger partial charge in [-0.1, -0.05) is 6.07 Å². The van der Waals surface area contributed by atoms with Gasteiger partial charge in [0.15, 0.2) is 0 Å². The minimum Gasteiger partial charge on any atom is -0.376 e. The molecule has 0 amide bonds. The Morgan fingerprint density at radius 1 is 1.44 bits per heavy atom. The zero-order valence-corrected chi connectivity index (χ0v) is 11.0. The molecule has 0 aromatic carbocycles. The lowest BCUT2D eigenvalue weighted by Crippen LogP contribution is -2.40. The summed E-state index contributed by atoms with van der Waals surface area (Å²) in [6.45, 7) is 1.27. The molecule has 1 unspecified atom stereocenters. The second-order valence-corrected chi connectivity index (χ2v) is 6.05. The van der Waals surface area contributed by atoms with E-state index in [1.807, 2.05) is 0 Å². The first-order valence-corrected chi connectivity index (χ1v) is 7.27. The summed E-state index contributed by atoms with van der Waals surface area (Å²) in [5, 5.41) is 0. The van der Waals surface area contributed by atoms with Crippen LogP contribution < -0.4 is 4.31 Å². The molecule has 0 bridgehead atoms. The minimum atomic E-state index is -3.45. The second-order valence-electron chi connectivity index (χ2n) is 4.00. The highest BCUT2D eigenvalue weighted by molar-refractivity contribution is 7.92. The van der Waals surface area contributed by atoms with Crippen LogP contribution in [0.2, 0.25) is 0 Å². The van der Waals surface area contributed by atoms with Gasteiger partial charge in [0.05, 0.1) is 31.7 Å². The molecule has 1 fully saturated rings. The minimum absolute atomic E-state index is 0.0971. The number of nitrogens with zero attached hydrogens (tertiary/aromatic N) is 2. The first-order valence-electron chi connectivity index (χ1n) is 5.66. The Labute approximate surface area is 107 Å². The van der Waals surface area contributed by atoms with Gasteiger partial charge in [-0.15, -0.1) is 0 Å². The lowest BCUT2D eigenvalue weighted by molar-refractivity contribution is -0.0782. The van der Waals surface area contributed by atoms with Gasteiger partial charge >= 0.3 is 0 Å². The standard InChI is InChI=1S/C11H16N2O4S/c1-13(11-4-2-3-5-12-11)18(14,15)9-10-8-16-6-7-17-10/h2-5,10H,6-9H2,1H3. The highest BCUT2D eigenvalue weighted by Crippen LogP contribution is 2.14. The zero-order chi connectivity index (χ0) is 13.0. The Hall–Kier alpha value is -1.18. The van der Waals surface area contributed by atoms with E-state index in [-0.39, 0.29) is 5.75 Å². The molecule has 2 rings (SSSR count). The summed E-state index contributed by atoms with van der Waals surface area (Å²) in [5.41, 5.74) is 0. The van der Waals surface area contributed by atoms with Crippen molar-refractivity contribution >= 4 is 15.8 Å². The van der Waals surface area contributed by atoms with Crippen molar-refractivity contribution in [3.05, 3.63) is 24.4 Å². The van der Waals surface area contributed by atoms with E-state index in [1.165, 1.54) is 11.4 Å². The van der Waals surface area contributed by atoms with Crippen LogP contribution in [0.15, 0.2) is 24.4 Å². The molecule has 7 heteroatoms. The molecule has 1 aromatic rings. The van der Waals surface area contributed by atoms with E-state index in [1.54, 1.807) is 24.4 Å². The largest absolute Gasteiger partial charge is 0.376 e. The second kappa shape index (κ2) is 5.64. The Bertz CT molecular complexity index is 471. The third kappa shape index (κ3) is 3.18. The molecule has 1 aliphatic rings. The van der Waals surface area contributed by atoms with Gasteiger partial charge in [-0.05, 0) is 12.1 Å². The molecule has 2 heterocycles. The molecule has 1 atom stereocenters. The SMILES string of the molecule is CN(c1ccccn1)S(=O)(=O)CC1COCCO1. The van der Waals surface area contributed by atoms with Crippen molar-refractivity contribution in [2.24, 2.45) is 0 Å². The summed E-state index contributed by atoms with van der Waals surface area (Å²) in [4.78, 5) is 4.01. The van der Waals surface area contributed by atoms with Crippen LogP contribution in [0.25, 0.3) is 0 Å². The van der Waals surface area contributed by atoms with E-state index in [0.717, 1.165) is 0 Å². The number of ether oxygens (including phenoxy) is 2. The fourth-order valence-corrected chi connectivity index (χ4v) is 2.94. The highest BCUT2D eigenvalue weighted by atomic mass is 32.2. The normalized spacial score (nSPS) is 20.6. The smallest absolute Gasteiger partial charge is 0.238 e. The van der Waals surface area contributed by atoms with E-state index in [0.29, 0.717) is 25.6 Å². The van der Waals surface area contributed by atoms with Gasteiger partial charge in [-0.2, -0.15) is 0 Å². The Kier molecular flexibility index (Phi) is 4.15. The molecular weight excluding hydrogens is 256 g/mol. The molecule has 18 heavy (non-hydrogen) atoms.